The third kappa shape index (κ3) is 9.01. The minimum Gasteiger partial charge on any atom is -0.444 e. The van der Waals surface area contributed by atoms with Crippen molar-refractivity contribution in [1.82, 2.24) is 19.8 Å². The van der Waals surface area contributed by atoms with Gasteiger partial charge in [0.25, 0.3) is 0 Å². The molecule has 0 radical (unpaired) electrons. The topological polar surface area (TPSA) is 76.5 Å². The second kappa shape index (κ2) is 13.5. The van der Waals surface area contributed by atoms with Crippen molar-refractivity contribution in [2.75, 3.05) is 19.0 Å². The zero-order valence-electron chi connectivity index (χ0n) is 24.5. The summed E-state index contributed by atoms with van der Waals surface area (Å²) in [5.74, 6) is -1.23. The number of imidazole rings is 1. The molecule has 0 bridgehead atoms. The molecule has 0 fully saturated rings. The van der Waals surface area contributed by atoms with Crippen molar-refractivity contribution >= 4 is 23.6 Å². The molecule has 0 aliphatic rings. The molecule has 0 aliphatic carbocycles. The van der Waals surface area contributed by atoms with Gasteiger partial charge in [0.15, 0.2) is 0 Å². The number of carbonyl (C=O) groups excluding carboxylic acids is 2. The molecule has 3 rings (SSSR count). The van der Waals surface area contributed by atoms with Crippen molar-refractivity contribution in [3.63, 3.8) is 0 Å². The Morgan fingerprint density at radius 2 is 1.76 bits per heavy atom. The van der Waals surface area contributed by atoms with E-state index in [1.54, 1.807) is 31.9 Å². The van der Waals surface area contributed by atoms with Crippen molar-refractivity contribution < 1.29 is 23.1 Å². The number of alkyl carbamates (subject to hydrolysis) is 1. The summed E-state index contributed by atoms with van der Waals surface area (Å²) in [7, 11) is 0. The third-order valence-electron chi connectivity index (χ3n) is 6.26. The fraction of sp³-hybridized carbons (Fsp3) is 0.452. The van der Waals surface area contributed by atoms with Gasteiger partial charge in [0, 0.05) is 31.4 Å². The number of nitrogens with one attached hydrogen (secondary N) is 1. The van der Waals surface area contributed by atoms with Crippen molar-refractivity contribution in [2.24, 2.45) is 5.41 Å². The van der Waals surface area contributed by atoms with E-state index < -0.39 is 34.8 Å². The Kier molecular flexibility index (Phi) is 10.5. The number of carbonyl (C=O) groups is 2. The predicted molar refractivity (Wildman–Crippen MR) is 157 cm³/mol. The van der Waals surface area contributed by atoms with E-state index >= 15 is 0 Å². The lowest BCUT2D eigenvalue weighted by atomic mass is 9.84. The van der Waals surface area contributed by atoms with E-state index in [2.05, 4.69) is 5.32 Å². The molecule has 2 amide bonds. The molecule has 3 aromatic rings. The number of rotatable bonds is 10. The SMILES string of the molecule is CC(C)(C)OC(=O)NCCCN(C(=O)CCl)[C@@H](c1nc(-c2cc(F)ccc2F)cn1Cc1ccccc1)C(C)(C)C. The summed E-state index contributed by atoms with van der Waals surface area (Å²) >= 11 is 6.07. The number of amides is 2. The normalized spacial score (nSPS) is 12.6. The first-order chi connectivity index (χ1) is 19.2. The number of hydrogen-bond donors (Lipinski definition) is 1. The highest BCUT2D eigenvalue weighted by atomic mass is 35.5. The second-order valence-electron chi connectivity index (χ2n) is 12.0. The van der Waals surface area contributed by atoms with E-state index in [0.29, 0.717) is 18.8 Å². The number of nitrogens with zero attached hydrogens (tertiary/aromatic N) is 3. The lowest BCUT2D eigenvalue weighted by Gasteiger charge is -2.40. The maximum absolute atomic E-state index is 14.8. The van der Waals surface area contributed by atoms with Crippen LogP contribution in [-0.2, 0) is 16.1 Å². The molecular weight excluding hydrogens is 550 g/mol. The quantitative estimate of drug-likeness (QED) is 0.205. The Labute approximate surface area is 245 Å². The highest BCUT2D eigenvalue weighted by Gasteiger charge is 2.38. The molecule has 41 heavy (non-hydrogen) atoms. The van der Waals surface area contributed by atoms with Crippen LogP contribution in [0, 0.1) is 17.0 Å². The molecule has 7 nitrogen and oxygen atoms in total. The average molecular weight is 589 g/mol. The lowest BCUT2D eigenvalue weighted by Crippen LogP contribution is -2.44. The second-order valence-corrected chi connectivity index (χ2v) is 12.3. The maximum atomic E-state index is 14.8. The summed E-state index contributed by atoms with van der Waals surface area (Å²) in [6.07, 6.45) is 1.58. The van der Waals surface area contributed by atoms with Crippen LogP contribution in [-0.4, -0.2) is 51.0 Å². The molecule has 2 aromatic carbocycles. The van der Waals surface area contributed by atoms with Crippen LogP contribution in [0.1, 0.15) is 65.4 Å². The monoisotopic (exact) mass is 588 g/mol. The van der Waals surface area contributed by atoms with Crippen molar-refractivity contribution in [2.45, 2.75) is 66.2 Å². The summed E-state index contributed by atoms with van der Waals surface area (Å²) in [5.41, 5.74) is 0.102. The van der Waals surface area contributed by atoms with Crippen LogP contribution < -0.4 is 5.32 Å². The van der Waals surface area contributed by atoms with Gasteiger partial charge in [0.2, 0.25) is 5.91 Å². The van der Waals surface area contributed by atoms with Crippen LogP contribution in [0.4, 0.5) is 13.6 Å². The molecule has 10 heteroatoms. The summed E-state index contributed by atoms with van der Waals surface area (Å²) < 4.78 is 36.1. The average Bonchev–Trinajstić information content (AvgIpc) is 3.28. The first-order valence-electron chi connectivity index (χ1n) is 13.6. The lowest BCUT2D eigenvalue weighted by molar-refractivity contribution is -0.133. The van der Waals surface area contributed by atoms with Gasteiger partial charge in [0.1, 0.15) is 28.9 Å². The summed E-state index contributed by atoms with van der Waals surface area (Å²) in [4.78, 5) is 31.8. The van der Waals surface area contributed by atoms with Crippen LogP contribution in [0.5, 0.6) is 0 Å². The maximum Gasteiger partial charge on any atom is 0.407 e. The van der Waals surface area contributed by atoms with Gasteiger partial charge in [-0.2, -0.15) is 0 Å². The zero-order chi connectivity index (χ0) is 30.4. The van der Waals surface area contributed by atoms with E-state index in [0.717, 1.165) is 23.8 Å². The van der Waals surface area contributed by atoms with Gasteiger partial charge < -0.3 is 19.5 Å². The summed E-state index contributed by atoms with van der Waals surface area (Å²) in [5, 5.41) is 2.72. The van der Waals surface area contributed by atoms with Gasteiger partial charge in [0.05, 0.1) is 11.7 Å². The molecule has 1 atom stereocenters. The van der Waals surface area contributed by atoms with E-state index in [4.69, 9.17) is 21.3 Å². The van der Waals surface area contributed by atoms with Gasteiger partial charge in [-0.25, -0.2) is 18.6 Å². The number of alkyl halides is 1. The van der Waals surface area contributed by atoms with Crippen LogP contribution in [0.2, 0.25) is 0 Å². The molecule has 0 aliphatic heterocycles. The zero-order valence-corrected chi connectivity index (χ0v) is 25.3. The Morgan fingerprint density at radius 3 is 2.37 bits per heavy atom. The molecule has 0 spiro atoms. The Balaban J connectivity index is 2.02. The molecule has 1 aromatic heterocycles. The first kappa shape index (κ1) is 32.1. The Bertz CT molecular complexity index is 1330. The third-order valence-corrected chi connectivity index (χ3v) is 6.49. The molecule has 0 saturated heterocycles. The van der Waals surface area contributed by atoms with Gasteiger partial charge in [-0.1, -0.05) is 51.1 Å². The van der Waals surface area contributed by atoms with Crippen LogP contribution in [0.25, 0.3) is 11.3 Å². The number of benzene rings is 2. The molecule has 1 N–H and O–H groups in total. The van der Waals surface area contributed by atoms with Gasteiger partial charge in [-0.3, -0.25) is 4.79 Å². The van der Waals surface area contributed by atoms with E-state index in [1.807, 2.05) is 55.7 Å². The first-order valence-corrected chi connectivity index (χ1v) is 14.1. The molecule has 1 heterocycles. The minimum absolute atomic E-state index is 0.0301. The van der Waals surface area contributed by atoms with Gasteiger partial charge in [-0.05, 0) is 56.4 Å². The van der Waals surface area contributed by atoms with Crippen LogP contribution in [0.3, 0.4) is 0 Å². The van der Waals surface area contributed by atoms with E-state index in [1.165, 1.54) is 0 Å². The number of hydrogen-bond acceptors (Lipinski definition) is 4. The molecule has 0 unspecified atom stereocenters. The van der Waals surface area contributed by atoms with Crippen molar-refractivity contribution in [3.05, 3.63) is 77.8 Å². The van der Waals surface area contributed by atoms with Gasteiger partial charge in [-0.15, -0.1) is 11.6 Å². The highest BCUT2D eigenvalue weighted by molar-refractivity contribution is 6.27. The standard InChI is InChI=1S/C31H39ClF2N4O3/c1-30(2,3)27(38(26(39)18-32)16-10-15-35-29(40)41-31(4,5)6)28-36-25(23-17-22(33)13-14-24(23)34)20-37(28)19-21-11-8-7-9-12-21/h7-9,11-14,17,20,27H,10,15-16,18-19H2,1-6H3,(H,35,40)/t27-/m0/s1. The highest BCUT2D eigenvalue weighted by Crippen LogP contribution is 2.39. The predicted octanol–water partition coefficient (Wildman–Crippen LogP) is 6.95. The smallest absolute Gasteiger partial charge is 0.407 e. The number of aromatic nitrogens is 2. The molecule has 0 saturated carbocycles. The van der Waals surface area contributed by atoms with Crippen LogP contribution in [0.15, 0.2) is 54.7 Å². The number of halogens is 3. The van der Waals surface area contributed by atoms with Crippen molar-refractivity contribution in [1.29, 1.82) is 0 Å². The fourth-order valence-corrected chi connectivity index (χ4v) is 4.76. The Hall–Kier alpha value is -3.46. The van der Waals surface area contributed by atoms with Gasteiger partial charge >= 0.3 is 6.09 Å². The van der Waals surface area contributed by atoms with E-state index in [9.17, 15) is 18.4 Å². The van der Waals surface area contributed by atoms with E-state index in [-0.39, 0.29) is 36.1 Å². The largest absolute Gasteiger partial charge is 0.444 e. The summed E-state index contributed by atoms with van der Waals surface area (Å²) in [6, 6.07) is 12.3. The minimum atomic E-state index is -0.628. The molecular formula is C31H39ClF2N4O3. The Morgan fingerprint density at radius 1 is 1.07 bits per heavy atom. The van der Waals surface area contributed by atoms with Crippen molar-refractivity contribution in [3.8, 4) is 11.3 Å². The molecule has 222 valence electrons. The fourth-order valence-electron chi connectivity index (χ4n) is 4.60. The summed E-state index contributed by atoms with van der Waals surface area (Å²) in [6.45, 7) is 12.2. The number of ether oxygens (including phenoxy) is 1. The van der Waals surface area contributed by atoms with Crippen LogP contribution >= 0.6 is 11.6 Å².